The van der Waals surface area contributed by atoms with Crippen LogP contribution in [-0.2, 0) is 4.79 Å². The van der Waals surface area contributed by atoms with Crippen molar-refractivity contribution in [3.63, 3.8) is 0 Å². The third-order valence-electron chi connectivity index (χ3n) is 0.585. The van der Waals surface area contributed by atoms with E-state index in [4.69, 9.17) is 5.11 Å². The van der Waals surface area contributed by atoms with Crippen LogP contribution >= 0.6 is 11.8 Å². The fraction of sp³-hybridized carbons (Fsp3) is 0.429. The van der Waals surface area contributed by atoms with E-state index in [2.05, 4.69) is 11.6 Å². The Hall–Kier alpha value is -0.770. The number of carboxylic acids is 1. The summed E-state index contributed by atoms with van der Waals surface area (Å²) in [5.74, 6) is -1.01. The van der Waals surface area contributed by atoms with Gasteiger partial charge in [-0.3, -0.25) is 0 Å². The molecule has 0 atom stereocenters. The Morgan fingerprint density at radius 3 is 2.18 bits per heavy atom. The zero-order chi connectivity index (χ0) is 9.28. The van der Waals surface area contributed by atoms with E-state index in [0.717, 1.165) is 11.8 Å². The van der Waals surface area contributed by atoms with Crippen LogP contribution in [0.5, 0.6) is 0 Å². The maximum atomic E-state index is 10.1. The number of thioether (sulfide) groups is 1. The van der Waals surface area contributed by atoms with Crippen molar-refractivity contribution in [1.29, 1.82) is 0 Å². The molecule has 0 bridgehead atoms. The molecule has 0 aromatic heterocycles. The Balaban J connectivity index is 0. The van der Waals surface area contributed by atoms with Gasteiger partial charge in [-0.25, -0.2) is 9.79 Å². The molecular weight excluding hydrogens is 162 g/mol. The second kappa shape index (κ2) is 9.23. The highest BCUT2D eigenvalue weighted by atomic mass is 32.2. The molecule has 0 rings (SSSR count). The number of aliphatic carboxylic acids is 1. The monoisotopic (exact) mass is 175 g/mol. The number of aliphatic imine (C=N–C) groups is 1. The lowest BCUT2D eigenvalue weighted by Crippen LogP contribution is -2.06. The maximum absolute atomic E-state index is 10.1. The molecule has 0 aliphatic heterocycles. The van der Waals surface area contributed by atoms with E-state index in [-0.39, 0.29) is 5.04 Å². The lowest BCUT2D eigenvalue weighted by Gasteiger charge is -1.89. The van der Waals surface area contributed by atoms with Gasteiger partial charge < -0.3 is 5.11 Å². The van der Waals surface area contributed by atoms with Crippen molar-refractivity contribution in [1.82, 2.24) is 0 Å². The molecule has 0 aliphatic carbocycles. The van der Waals surface area contributed by atoms with E-state index in [0.29, 0.717) is 0 Å². The second-order valence-corrected chi connectivity index (χ2v) is 1.92. The van der Waals surface area contributed by atoms with E-state index in [9.17, 15) is 4.79 Å². The van der Waals surface area contributed by atoms with Crippen molar-refractivity contribution in [2.75, 3.05) is 6.26 Å². The van der Waals surface area contributed by atoms with Gasteiger partial charge in [0, 0.05) is 6.20 Å². The first-order valence-electron chi connectivity index (χ1n) is 3.18. The molecule has 0 aliphatic rings. The standard InChI is InChI=1S/C5H7NO2S.C2H6/c1-3-6-4(9-2)5(7)8;1-2/h3H,1H2,2H3,(H,7,8);1-2H3. The lowest BCUT2D eigenvalue weighted by atomic mass is 10.7. The highest BCUT2D eigenvalue weighted by Gasteiger charge is 2.03. The number of carboxylic acid groups (broad SMARTS) is 1. The summed E-state index contributed by atoms with van der Waals surface area (Å²) in [7, 11) is 0. The Morgan fingerprint density at radius 1 is 1.64 bits per heavy atom. The molecule has 1 N–H and O–H groups in total. The Bertz CT molecular complexity index is 155. The third-order valence-corrected chi connectivity index (χ3v) is 1.25. The minimum absolute atomic E-state index is 0.0602. The van der Waals surface area contributed by atoms with E-state index < -0.39 is 5.97 Å². The summed E-state index contributed by atoms with van der Waals surface area (Å²) < 4.78 is 0. The SMILES string of the molecule is C=CN=C(SC)C(=O)O.CC. The minimum atomic E-state index is -1.01. The van der Waals surface area contributed by atoms with Crippen LogP contribution in [0.4, 0.5) is 0 Å². The van der Waals surface area contributed by atoms with E-state index in [1.165, 1.54) is 6.20 Å². The molecule has 4 heteroatoms. The molecule has 64 valence electrons. The fourth-order valence-corrected chi connectivity index (χ4v) is 0.633. The number of rotatable bonds is 1. The fourth-order valence-electron chi connectivity index (χ4n) is 0.278. The molecule has 0 saturated carbocycles. The van der Waals surface area contributed by atoms with Gasteiger partial charge >= 0.3 is 5.97 Å². The predicted octanol–water partition coefficient (Wildman–Crippen LogP) is 2.00. The first kappa shape index (κ1) is 12.9. The first-order chi connectivity index (χ1) is 5.22. The van der Waals surface area contributed by atoms with Gasteiger partial charge in [0.2, 0.25) is 0 Å². The quantitative estimate of drug-likeness (QED) is 0.490. The Morgan fingerprint density at radius 2 is 2.09 bits per heavy atom. The van der Waals surface area contributed by atoms with Gasteiger partial charge in [-0.15, -0.1) is 11.8 Å². The molecule has 0 aromatic rings. The van der Waals surface area contributed by atoms with Crippen LogP contribution in [0.3, 0.4) is 0 Å². The number of hydrogen-bond acceptors (Lipinski definition) is 3. The summed E-state index contributed by atoms with van der Waals surface area (Å²) in [5, 5.41) is 8.37. The molecule has 0 unspecified atom stereocenters. The van der Waals surface area contributed by atoms with Crippen molar-refractivity contribution >= 4 is 22.8 Å². The van der Waals surface area contributed by atoms with Crippen LogP contribution in [0.1, 0.15) is 13.8 Å². The van der Waals surface area contributed by atoms with Gasteiger partial charge in [-0.05, 0) is 6.26 Å². The molecular formula is C7H13NO2S. The smallest absolute Gasteiger partial charge is 0.361 e. The largest absolute Gasteiger partial charge is 0.476 e. The van der Waals surface area contributed by atoms with Gasteiger partial charge in [0.05, 0.1) is 0 Å². The highest BCUT2D eigenvalue weighted by Crippen LogP contribution is 1.97. The molecule has 0 amide bonds. The van der Waals surface area contributed by atoms with Gasteiger partial charge in [0.15, 0.2) is 5.04 Å². The Labute approximate surface area is 71.2 Å². The number of hydrogen-bond donors (Lipinski definition) is 1. The van der Waals surface area contributed by atoms with Gasteiger partial charge in [0.1, 0.15) is 0 Å². The van der Waals surface area contributed by atoms with Crippen LogP contribution in [-0.4, -0.2) is 22.4 Å². The summed E-state index contributed by atoms with van der Waals surface area (Å²) in [4.78, 5) is 13.6. The summed E-state index contributed by atoms with van der Waals surface area (Å²) >= 11 is 1.08. The minimum Gasteiger partial charge on any atom is -0.476 e. The van der Waals surface area contributed by atoms with Crippen molar-refractivity contribution in [2.24, 2.45) is 4.99 Å². The van der Waals surface area contributed by atoms with Crippen LogP contribution in [0.2, 0.25) is 0 Å². The average Bonchev–Trinajstić information content (AvgIpc) is 2.03. The van der Waals surface area contributed by atoms with E-state index in [1.54, 1.807) is 6.26 Å². The average molecular weight is 175 g/mol. The Kier molecular flexibility index (Phi) is 10.8. The lowest BCUT2D eigenvalue weighted by molar-refractivity contribution is -0.129. The topological polar surface area (TPSA) is 49.7 Å². The van der Waals surface area contributed by atoms with Gasteiger partial charge in [-0.2, -0.15) is 0 Å². The summed E-state index contributed by atoms with van der Waals surface area (Å²) in [6.07, 6.45) is 2.86. The highest BCUT2D eigenvalue weighted by molar-refractivity contribution is 8.15. The van der Waals surface area contributed by atoms with E-state index >= 15 is 0 Å². The maximum Gasteiger partial charge on any atom is 0.361 e. The van der Waals surface area contributed by atoms with Crippen molar-refractivity contribution < 1.29 is 9.90 Å². The number of carbonyl (C=O) groups is 1. The third kappa shape index (κ3) is 7.12. The molecule has 0 radical (unpaired) electrons. The van der Waals surface area contributed by atoms with Crippen molar-refractivity contribution in [3.05, 3.63) is 12.8 Å². The summed E-state index contributed by atoms with van der Waals surface area (Å²) in [5.41, 5.74) is 0. The number of nitrogens with zero attached hydrogens (tertiary/aromatic N) is 1. The normalized spacial score (nSPS) is 9.55. The summed E-state index contributed by atoms with van der Waals surface area (Å²) in [6.45, 7) is 7.27. The zero-order valence-electron chi connectivity index (χ0n) is 7.00. The van der Waals surface area contributed by atoms with E-state index in [1.807, 2.05) is 13.8 Å². The molecule has 0 heterocycles. The molecule has 0 spiro atoms. The molecule has 0 fully saturated rings. The van der Waals surface area contributed by atoms with Crippen LogP contribution in [0.25, 0.3) is 0 Å². The molecule has 0 saturated heterocycles. The zero-order valence-corrected chi connectivity index (χ0v) is 7.81. The van der Waals surface area contributed by atoms with Crippen LogP contribution in [0.15, 0.2) is 17.8 Å². The molecule has 0 aromatic carbocycles. The molecule has 11 heavy (non-hydrogen) atoms. The van der Waals surface area contributed by atoms with Crippen molar-refractivity contribution in [2.45, 2.75) is 13.8 Å². The van der Waals surface area contributed by atoms with Crippen molar-refractivity contribution in [3.8, 4) is 0 Å². The summed E-state index contributed by atoms with van der Waals surface area (Å²) in [6, 6.07) is 0. The first-order valence-corrected chi connectivity index (χ1v) is 4.40. The molecule has 3 nitrogen and oxygen atoms in total. The predicted molar refractivity (Wildman–Crippen MR) is 50.1 cm³/mol. The van der Waals surface area contributed by atoms with Crippen LogP contribution in [0, 0.1) is 0 Å². The van der Waals surface area contributed by atoms with Crippen LogP contribution < -0.4 is 0 Å². The van der Waals surface area contributed by atoms with Gasteiger partial charge in [-0.1, -0.05) is 20.4 Å². The second-order valence-electron chi connectivity index (χ2n) is 1.13. The van der Waals surface area contributed by atoms with Gasteiger partial charge in [0.25, 0.3) is 0 Å².